The predicted octanol–water partition coefficient (Wildman–Crippen LogP) is 5.54. The van der Waals surface area contributed by atoms with Crippen LogP contribution in [0.1, 0.15) is 15.9 Å². The van der Waals surface area contributed by atoms with Crippen molar-refractivity contribution in [3.63, 3.8) is 0 Å². The fourth-order valence-electron chi connectivity index (χ4n) is 1.64. The molecule has 0 spiro atoms. The van der Waals surface area contributed by atoms with E-state index in [1.807, 2.05) is 6.07 Å². The van der Waals surface area contributed by atoms with Crippen molar-refractivity contribution in [2.75, 3.05) is 0 Å². The van der Waals surface area contributed by atoms with Gasteiger partial charge in [-0.25, -0.2) is 4.39 Å². The normalized spacial score (nSPS) is 10.5. The Labute approximate surface area is 135 Å². The lowest BCUT2D eigenvalue weighted by atomic mass is 10.0. The maximum Gasteiger partial charge on any atom is 0.168 e. The van der Waals surface area contributed by atoms with Crippen LogP contribution in [0.4, 0.5) is 4.39 Å². The van der Waals surface area contributed by atoms with Gasteiger partial charge in [0.1, 0.15) is 5.82 Å². The average Bonchev–Trinajstić information content (AvgIpc) is 2.35. The zero-order valence-corrected chi connectivity index (χ0v) is 14.3. The summed E-state index contributed by atoms with van der Waals surface area (Å²) >= 11 is 9.84. The number of hydrogen-bond acceptors (Lipinski definition) is 1. The minimum atomic E-state index is -0.381. The lowest BCUT2D eigenvalue weighted by Gasteiger charge is -2.06. The Kier molecular flexibility index (Phi) is 4.92. The van der Waals surface area contributed by atoms with Crippen molar-refractivity contribution in [2.24, 2.45) is 0 Å². The summed E-state index contributed by atoms with van der Waals surface area (Å²) in [5.41, 5.74) is 0.928. The van der Waals surface area contributed by atoms with Crippen LogP contribution in [-0.2, 0) is 6.42 Å². The van der Waals surface area contributed by atoms with Crippen molar-refractivity contribution < 1.29 is 9.18 Å². The number of ketones is 1. The number of benzene rings is 2. The Balaban J connectivity index is 2.28. The summed E-state index contributed by atoms with van der Waals surface area (Å²) in [7, 11) is 0. The Morgan fingerprint density at radius 2 is 1.63 bits per heavy atom. The molecule has 5 heteroatoms. The van der Waals surface area contributed by atoms with Gasteiger partial charge in [-0.15, -0.1) is 0 Å². The van der Waals surface area contributed by atoms with Gasteiger partial charge in [0.15, 0.2) is 5.78 Å². The van der Waals surface area contributed by atoms with Crippen molar-refractivity contribution in [3.8, 4) is 0 Å². The van der Waals surface area contributed by atoms with Gasteiger partial charge >= 0.3 is 0 Å². The maximum atomic E-state index is 13.7. The molecule has 2 rings (SSSR count). The molecule has 0 saturated heterocycles. The van der Waals surface area contributed by atoms with Crippen molar-refractivity contribution in [1.29, 1.82) is 0 Å². The molecule has 0 atom stereocenters. The van der Waals surface area contributed by atoms with Crippen LogP contribution >= 0.6 is 47.8 Å². The zero-order chi connectivity index (χ0) is 14.0. The molecule has 0 fully saturated rings. The quantitative estimate of drug-likeness (QED) is 0.561. The first kappa shape index (κ1) is 14.9. The first-order valence-corrected chi connectivity index (χ1v) is 7.77. The van der Waals surface area contributed by atoms with E-state index in [-0.39, 0.29) is 18.0 Å². The smallest absolute Gasteiger partial charge is 0.168 e. The highest BCUT2D eigenvalue weighted by atomic mass is 79.9. The Morgan fingerprint density at radius 3 is 2.32 bits per heavy atom. The number of hydrogen-bond donors (Lipinski definition) is 0. The van der Waals surface area contributed by atoms with E-state index in [4.69, 9.17) is 0 Å². The number of carbonyl (C=O) groups excluding carboxylic acids is 1. The largest absolute Gasteiger partial charge is 0.294 e. The van der Waals surface area contributed by atoms with E-state index >= 15 is 0 Å². The van der Waals surface area contributed by atoms with Crippen LogP contribution in [0.2, 0.25) is 0 Å². The third-order valence-electron chi connectivity index (χ3n) is 2.59. The highest BCUT2D eigenvalue weighted by Gasteiger charge is 2.14. The molecule has 0 aromatic heterocycles. The van der Waals surface area contributed by atoms with Crippen LogP contribution in [0.3, 0.4) is 0 Å². The Morgan fingerprint density at radius 1 is 1.00 bits per heavy atom. The second-order valence-electron chi connectivity index (χ2n) is 3.96. The summed E-state index contributed by atoms with van der Waals surface area (Å²) in [6.07, 6.45) is 0.0359. The minimum Gasteiger partial charge on any atom is -0.294 e. The van der Waals surface area contributed by atoms with Gasteiger partial charge in [-0.2, -0.15) is 0 Å². The molecule has 2 aromatic rings. The van der Waals surface area contributed by atoms with E-state index in [1.54, 1.807) is 24.3 Å². The van der Waals surface area contributed by atoms with Crippen molar-refractivity contribution >= 4 is 53.6 Å². The van der Waals surface area contributed by atoms with E-state index in [0.717, 1.165) is 4.47 Å². The van der Waals surface area contributed by atoms with Gasteiger partial charge in [-0.05, 0) is 35.9 Å². The van der Waals surface area contributed by atoms with E-state index in [0.29, 0.717) is 20.1 Å². The zero-order valence-electron chi connectivity index (χ0n) is 9.59. The number of halogens is 4. The Bertz CT molecular complexity index is 641. The maximum absolute atomic E-state index is 13.7. The summed E-state index contributed by atoms with van der Waals surface area (Å²) in [5.74, 6) is -0.511. The summed E-state index contributed by atoms with van der Waals surface area (Å²) < 4.78 is 15.9. The first-order valence-electron chi connectivity index (χ1n) is 5.39. The van der Waals surface area contributed by atoms with Crippen molar-refractivity contribution in [3.05, 3.63) is 66.8 Å². The predicted molar refractivity (Wildman–Crippen MR) is 84.0 cm³/mol. The van der Waals surface area contributed by atoms with E-state index in [1.165, 1.54) is 6.07 Å². The van der Waals surface area contributed by atoms with Gasteiger partial charge in [0.2, 0.25) is 0 Å². The van der Waals surface area contributed by atoms with E-state index in [9.17, 15) is 9.18 Å². The molecule has 0 amide bonds. The van der Waals surface area contributed by atoms with Crippen LogP contribution in [0.5, 0.6) is 0 Å². The monoisotopic (exact) mass is 448 g/mol. The van der Waals surface area contributed by atoms with E-state index in [2.05, 4.69) is 47.8 Å². The molecule has 0 radical (unpaired) electrons. The standard InChI is InChI=1S/C14H8Br3FO/c15-9-3-4-12(17)11(6-9)14(19)5-8-1-2-10(16)7-13(8)18/h1-4,6-7H,5H2. The molecule has 98 valence electrons. The van der Waals surface area contributed by atoms with Crippen molar-refractivity contribution in [1.82, 2.24) is 0 Å². The third kappa shape index (κ3) is 3.74. The van der Waals surface area contributed by atoms with Crippen LogP contribution < -0.4 is 0 Å². The highest BCUT2D eigenvalue weighted by molar-refractivity contribution is 9.11. The molecule has 0 aliphatic rings. The fraction of sp³-hybridized carbons (Fsp3) is 0.0714. The van der Waals surface area contributed by atoms with Gasteiger partial charge in [0, 0.05) is 25.4 Å². The van der Waals surface area contributed by atoms with Crippen molar-refractivity contribution in [2.45, 2.75) is 6.42 Å². The van der Waals surface area contributed by atoms with Gasteiger partial charge in [0.25, 0.3) is 0 Å². The molecule has 1 nitrogen and oxygen atoms in total. The molecular weight excluding hydrogens is 443 g/mol. The second kappa shape index (κ2) is 6.29. The van der Waals surface area contributed by atoms with Gasteiger partial charge < -0.3 is 0 Å². The van der Waals surface area contributed by atoms with Crippen LogP contribution in [0.25, 0.3) is 0 Å². The summed E-state index contributed by atoms with van der Waals surface area (Å²) in [6.45, 7) is 0. The number of carbonyl (C=O) groups is 1. The van der Waals surface area contributed by atoms with Gasteiger partial charge in [-0.1, -0.05) is 53.9 Å². The van der Waals surface area contributed by atoms with Crippen LogP contribution in [0, 0.1) is 5.82 Å². The summed E-state index contributed by atoms with van der Waals surface area (Å²) in [4.78, 5) is 12.2. The minimum absolute atomic E-state index is 0.0359. The van der Waals surface area contributed by atoms with Crippen LogP contribution in [0.15, 0.2) is 49.8 Å². The van der Waals surface area contributed by atoms with Crippen LogP contribution in [-0.4, -0.2) is 5.78 Å². The molecule has 0 bridgehead atoms. The lowest BCUT2D eigenvalue weighted by Crippen LogP contribution is -2.06. The summed E-state index contributed by atoms with van der Waals surface area (Å²) in [6, 6.07) is 10.0. The number of Topliss-reactive ketones (excluding diaryl/α,β-unsaturated/α-hetero) is 1. The molecular formula is C14H8Br3FO. The molecule has 0 unspecified atom stereocenters. The first-order chi connectivity index (χ1) is 8.97. The highest BCUT2D eigenvalue weighted by Crippen LogP contribution is 2.24. The third-order valence-corrected chi connectivity index (χ3v) is 4.27. The molecule has 0 heterocycles. The van der Waals surface area contributed by atoms with Gasteiger partial charge in [-0.3, -0.25) is 4.79 Å². The Hall–Kier alpha value is -0.520. The second-order valence-corrected chi connectivity index (χ2v) is 6.65. The van der Waals surface area contributed by atoms with E-state index < -0.39 is 0 Å². The molecule has 0 aliphatic heterocycles. The fourth-order valence-corrected chi connectivity index (χ4v) is 2.81. The lowest BCUT2D eigenvalue weighted by molar-refractivity contribution is 0.0991. The SMILES string of the molecule is O=C(Cc1ccc(Br)cc1F)c1cc(Br)ccc1Br. The molecule has 0 N–H and O–H groups in total. The topological polar surface area (TPSA) is 17.1 Å². The molecule has 2 aromatic carbocycles. The molecule has 0 saturated carbocycles. The van der Waals surface area contributed by atoms with Gasteiger partial charge in [0.05, 0.1) is 0 Å². The molecule has 0 aliphatic carbocycles. The summed E-state index contributed by atoms with van der Waals surface area (Å²) in [5, 5.41) is 0. The number of rotatable bonds is 3. The molecule has 19 heavy (non-hydrogen) atoms. The average molecular weight is 451 g/mol.